The number of anilines is 1. The second kappa shape index (κ2) is 5.49. The number of hydrogen-bond donors (Lipinski definition) is 1. The monoisotopic (exact) mass is 284 g/mol. The highest BCUT2D eigenvalue weighted by atomic mass is 16.6. The van der Waals surface area contributed by atoms with Crippen LogP contribution < -0.4 is 5.32 Å². The van der Waals surface area contributed by atoms with Gasteiger partial charge in [-0.05, 0) is 18.2 Å². The van der Waals surface area contributed by atoms with Crippen LogP contribution in [0.4, 0.5) is 11.6 Å². The topological polar surface area (TPSA) is 86.1 Å². The van der Waals surface area contributed by atoms with E-state index in [4.69, 9.17) is 4.42 Å². The molecule has 0 saturated heterocycles. The van der Waals surface area contributed by atoms with Crippen molar-refractivity contribution in [2.45, 2.75) is 6.54 Å². The maximum atomic E-state index is 10.6. The average Bonchev–Trinajstić information content (AvgIpc) is 3.17. The Kier molecular flexibility index (Phi) is 3.38. The molecular formula is C14H12N4O3. The molecule has 0 unspecified atom stereocenters. The van der Waals surface area contributed by atoms with Gasteiger partial charge in [-0.25, -0.2) is 4.98 Å². The van der Waals surface area contributed by atoms with Crippen LogP contribution in [0.1, 0.15) is 5.76 Å². The first-order valence-electron chi connectivity index (χ1n) is 6.28. The normalized spacial score (nSPS) is 10.5. The maximum Gasteiger partial charge on any atom is 0.433 e. The Morgan fingerprint density at radius 1 is 1.29 bits per heavy atom. The molecule has 3 rings (SSSR count). The molecule has 0 radical (unpaired) electrons. The third kappa shape index (κ3) is 2.76. The number of rotatable bonds is 5. The van der Waals surface area contributed by atoms with E-state index in [0.29, 0.717) is 12.3 Å². The summed E-state index contributed by atoms with van der Waals surface area (Å²) in [6.07, 6.45) is 5.25. The van der Waals surface area contributed by atoms with Crippen LogP contribution in [0.5, 0.6) is 0 Å². The quantitative estimate of drug-likeness (QED) is 0.575. The van der Waals surface area contributed by atoms with E-state index in [1.54, 1.807) is 18.6 Å². The van der Waals surface area contributed by atoms with E-state index in [2.05, 4.69) is 10.3 Å². The molecule has 0 bridgehead atoms. The van der Waals surface area contributed by atoms with Crippen LogP contribution in [0, 0.1) is 10.1 Å². The van der Waals surface area contributed by atoms with Crippen molar-refractivity contribution < 1.29 is 9.34 Å². The minimum atomic E-state index is -0.553. The average molecular weight is 284 g/mol. The van der Waals surface area contributed by atoms with Crippen LogP contribution in [-0.2, 0) is 6.54 Å². The summed E-state index contributed by atoms with van der Waals surface area (Å²) in [6.45, 7) is 0.361. The fourth-order valence-electron chi connectivity index (χ4n) is 1.99. The Bertz CT molecular complexity index is 749. The Hall–Kier alpha value is -3.09. The first-order chi connectivity index (χ1) is 10.2. The standard InChI is InChI=1S/C14H12N4O3/c19-18(20)14-6-5-11(21-14)9-16-12-3-1-2-4-13(12)17-8-7-15-10-17/h1-8,10,16H,9H2. The van der Waals surface area contributed by atoms with Crippen LogP contribution in [-0.4, -0.2) is 14.5 Å². The summed E-state index contributed by atoms with van der Waals surface area (Å²) in [4.78, 5) is 14.0. The fourth-order valence-corrected chi connectivity index (χ4v) is 1.99. The largest absolute Gasteiger partial charge is 0.433 e. The third-order valence-electron chi connectivity index (χ3n) is 2.97. The van der Waals surface area contributed by atoms with Gasteiger partial charge in [0.05, 0.1) is 30.3 Å². The molecule has 0 fully saturated rings. The van der Waals surface area contributed by atoms with E-state index < -0.39 is 4.92 Å². The first-order valence-corrected chi connectivity index (χ1v) is 6.28. The van der Waals surface area contributed by atoms with Crippen molar-refractivity contribution in [2.75, 3.05) is 5.32 Å². The predicted octanol–water partition coefficient (Wildman–Crippen LogP) is 2.99. The van der Waals surface area contributed by atoms with Crippen molar-refractivity contribution in [1.29, 1.82) is 0 Å². The van der Waals surface area contributed by atoms with Gasteiger partial charge in [0.15, 0.2) is 0 Å². The molecule has 0 amide bonds. The van der Waals surface area contributed by atoms with Gasteiger partial charge in [0, 0.05) is 12.4 Å². The van der Waals surface area contributed by atoms with Gasteiger partial charge in [0.2, 0.25) is 0 Å². The molecule has 0 atom stereocenters. The summed E-state index contributed by atoms with van der Waals surface area (Å²) in [5.74, 6) is 0.247. The molecule has 7 nitrogen and oxygen atoms in total. The lowest BCUT2D eigenvalue weighted by Gasteiger charge is -2.11. The lowest BCUT2D eigenvalue weighted by atomic mass is 10.2. The zero-order chi connectivity index (χ0) is 14.7. The molecule has 0 saturated carbocycles. The van der Waals surface area contributed by atoms with Gasteiger partial charge in [-0.1, -0.05) is 12.1 Å². The lowest BCUT2D eigenvalue weighted by Crippen LogP contribution is -2.02. The number of imidazole rings is 1. The summed E-state index contributed by atoms with van der Waals surface area (Å²) in [6, 6.07) is 10.6. The van der Waals surface area contributed by atoms with Crippen molar-refractivity contribution in [3.05, 3.63) is 71.0 Å². The molecular weight excluding hydrogens is 272 g/mol. The fraction of sp³-hybridized carbons (Fsp3) is 0.0714. The van der Waals surface area contributed by atoms with E-state index >= 15 is 0 Å². The first kappa shape index (κ1) is 12.9. The second-order valence-corrected chi connectivity index (χ2v) is 4.34. The molecule has 1 N–H and O–H groups in total. The summed E-state index contributed by atoms with van der Waals surface area (Å²) in [5, 5.41) is 13.8. The van der Waals surface area contributed by atoms with Gasteiger partial charge >= 0.3 is 5.88 Å². The second-order valence-electron chi connectivity index (χ2n) is 4.34. The van der Waals surface area contributed by atoms with Crippen molar-refractivity contribution in [3.63, 3.8) is 0 Å². The predicted molar refractivity (Wildman–Crippen MR) is 76.3 cm³/mol. The van der Waals surface area contributed by atoms with Crippen molar-refractivity contribution in [1.82, 2.24) is 9.55 Å². The van der Waals surface area contributed by atoms with Gasteiger partial charge in [0.1, 0.15) is 10.7 Å². The summed E-state index contributed by atoms with van der Waals surface area (Å²) < 4.78 is 7.00. The number of benzene rings is 1. The molecule has 106 valence electrons. The number of furan rings is 1. The van der Waals surface area contributed by atoms with Crippen molar-refractivity contribution in [2.24, 2.45) is 0 Å². The molecule has 0 aliphatic heterocycles. The van der Waals surface area contributed by atoms with Crippen LogP contribution in [0.2, 0.25) is 0 Å². The van der Waals surface area contributed by atoms with Gasteiger partial charge in [0.25, 0.3) is 0 Å². The van der Waals surface area contributed by atoms with Crippen molar-refractivity contribution in [3.8, 4) is 5.69 Å². The summed E-state index contributed by atoms with van der Waals surface area (Å²) in [7, 11) is 0. The number of nitrogens with zero attached hydrogens (tertiary/aromatic N) is 3. The highest BCUT2D eigenvalue weighted by Crippen LogP contribution is 2.22. The molecule has 1 aromatic carbocycles. The molecule has 3 aromatic rings. The van der Waals surface area contributed by atoms with E-state index in [-0.39, 0.29) is 5.88 Å². The number of nitro groups is 1. The van der Waals surface area contributed by atoms with E-state index in [0.717, 1.165) is 11.4 Å². The molecule has 0 aliphatic rings. The molecule has 2 heterocycles. The van der Waals surface area contributed by atoms with Gasteiger partial charge < -0.3 is 14.3 Å². The molecule has 2 aromatic heterocycles. The zero-order valence-corrected chi connectivity index (χ0v) is 11.0. The third-order valence-corrected chi connectivity index (χ3v) is 2.97. The maximum absolute atomic E-state index is 10.6. The lowest BCUT2D eigenvalue weighted by molar-refractivity contribution is -0.402. The van der Waals surface area contributed by atoms with Gasteiger partial charge in [-0.15, -0.1) is 0 Å². The molecule has 21 heavy (non-hydrogen) atoms. The van der Waals surface area contributed by atoms with Crippen LogP contribution >= 0.6 is 0 Å². The van der Waals surface area contributed by atoms with Crippen LogP contribution in [0.3, 0.4) is 0 Å². The Morgan fingerprint density at radius 3 is 2.86 bits per heavy atom. The van der Waals surface area contributed by atoms with E-state index in [1.165, 1.54) is 6.07 Å². The van der Waals surface area contributed by atoms with Gasteiger partial charge in [-0.3, -0.25) is 10.1 Å². The highest BCUT2D eigenvalue weighted by Gasteiger charge is 2.12. The minimum Gasteiger partial charge on any atom is -0.404 e. The van der Waals surface area contributed by atoms with Gasteiger partial charge in [-0.2, -0.15) is 0 Å². The Balaban J connectivity index is 1.77. The Labute approximate surface area is 120 Å². The van der Waals surface area contributed by atoms with Crippen LogP contribution in [0.15, 0.2) is 59.5 Å². The van der Waals surface area contributed by atoms with E-state index in [9.17, 15) is 10.1 Å². The molecule has 0 spiro atoms. The number of para-hydroxylation sites is 2. The van der Waals surface area contributed by atoms with Crippen molar-refractivity contribution >= 4 is 11.6 Å². The SMILES string of the molecule is O=[N+]([O-])c1ccc(CNc2ccccc2-n2ccnc2)o1. The summed E-state index contributed by atoms with van der Waals surface area (Å²) in [5.41, 5.74) is 1.82. The van der Waals surface area contributed by atoms with E-state index in [1.807, 2.05) is 35.0 Å². The summed E-state index contributed by atoms with van der Waals surface area (Å²) >= 11 is 0. The molecule has 0 aliphatic carbocycles. The minimum absolute atomic E-state index is 0.255. The molecule has 7 heteroatoms. The number of nitrogens with one attached hydrogen (secondary N) is 1. The highest BCUT2D eigenvalue weighted by molar-refractivity contribution is 5.60. The smallest absolute Gasteiger partial charge is 0.404 e. The Morgan fingerprint density at radius 2 is 2.14 bits per heavy atom. The number of hydrogen-bond acceptors (Lipinski definition) is 5. The number of aromatic nitrogens is 2. The van der Waals surface area contributed by atoms with Crippen LogP contribution in [0.25, 0.3) is 5.69 Å². The zero-order valence-electron chi connectivity index (χ0n) is 11.0.